The lowest BCUT2D eigenvalue weighted by molar-refractivity contribution is -0.126. The van der Waals surface area contributed by atoms with Gasteiger partial charge >= 0.3 is 0 Å². The van der Waals surface area contributed by atoms with E-state index in [-0.39, 0.29) is 5.91 Å². The van der Waals surface area contributed by atoms with Crippen LogP contribution in [0.5, 0.6) is 11.5 Å². The van der Waals surface area contributed by atoms with Crippen molar-refractivity contribution in [1.29, 1.82) is 0 Å². The van der Waals surface area contributed by atoms with Crippen LogP contribution in [-0.4, -0.2) is 24.5 Å². The van der Waals surface area contributed by atoms with Gasteiger partial charge in [-0.05, 0) is 54.4 Å². The summed E-state index contributed by atoms with van der Waals surface area (Å²) in [5.41, 5.74) is 2.87. The fourth-order valence-corrected chi connectivity index (χ4v) is 5.47. The van der Waals surface area contributed by atoms with Crippen molar-refractivity contribution in [2.45, 2.75) is 25.7 Å². The first-order valence-electron chi connectivity index (χ1n) is 13.1. The highest BCUT2D eigenvalue weighted by atomic mass is 35.5. The molecule has 2 fully saturated rings. The van der Waals surface area contributed by atoms with E-state index in [0.29, 0.717) is 35.4 Å². The zero-order valence-corrected chi connectivity index (χ0v) is 22.5. The number of hydroxylamine groups is 1. The van der Waals surface area contributed by atoms with Crippen LogP contribution >= 0.6 is 11.6 Å². The third-order valence-corrected chi connectivity index (χ3v) is 7.39. The zero-order valence-electron chi connectivity index (χ0n) is 21.8. The monoisotopic (exact) mass is 554 g/mol. The highest BCUT2D eigenvalue weighted by molar-refractivity contribution is 6.36. The number of anilines is 2. The fraction of sp³-hybridized carbons (Fsp3) is 0.188. The van der Waals surface area contributed by atoms with Gasteiger partial charge in [0.05, 0.1) is 29.0 Å². The van der Waals surface area contributed by atoms with Gasteiger partial charge in [0.2, 0.25) is 5.91 Å². The van der Waals surface area contributed by atoms with Crippen LogP contribution in [0.15, 0.2) is 103 Å². The van der Waals surface area contributed by atoms with E-state index in [4.69, 9.17) is 25.9 Å². The molecule has 4 aromatic carbocycles. The summed E-state index contributed by atoms with van der Waals surface area (Å²) >= 11 is 6.39. The standard InChI is InChI=1S/C32H27ClN2O5/c1-2-38-27-19-22(17-18-26(27)39-20-21-11-5-3-6-12-21)29-28-30(40-35(29)23-13-7-4-8-14-23)32(37)34(31(28)36)25-16-10-9-15-24(25)33/h3-19,28-30H,2,20H2,1H3. The van der Waals surface area contributed by atoms with Crippen LogP contribution in [0.2, 0.25) is 5.02 Å². The van der Waals surface area contributed by atoms with E-state index in [9.17, 15) is 9.59 Å². The van der Waals surface area contributed by atoms with Crippen LogP contribution in [0.25, 0.3) is 0 Å². The summed E-state index contributed by atoms with van der Waals surface area (Å²) in [5, 5.41) is 1.98. The average Bonchev–Trinajstić information content (AvgIpc) is 3.49. The molecule has 2 heterocycles. The summed E-state index contributed by atoms with van der Waals surface area (Å²) < 4.78 is 12.1. The van der Waals surface area contributed by atoms with E-state index in [1.54, 1.807) is 29.3 Å². The van der Waals surface area contributed by atoms with E-state index in [2.05, 4.69) is 0 Å². The lowest BCUT2D eigenvalue weighted by atomic mass is 9.90. The third-order valence-electron chi connectivity index (χ3n) is 7.07. The second kappa shape index (κ2) is 11.0. The molecule has 0 aliphatic carbocycles. The van der Waals surface area contributed by atoms with Gasteiger partial charge in [0.15, 0.2) is 17.6 Å². The molecular weight excluding hydrogens is 528 g/mol. The Morgan fingerprint density at radius 3 is 2.23 bits per heavy atom. The van der Waals surface area contributed by atoms with Crippen LogP contribution in [0.1, 0.15) is 24.1 Å². The topological polar surface area (TPSA) is 68.3 Å². The number of ether oxygens (including phenoxy) is 2. The van der Waals surface area contributed by atoms with Gasteiger partial charge in [0.25, 0.3) is 5.91 Å². The molecule has 0 radical (unpaired) electrons. The molecule has 2 aliphatic heterocycles. The van der Waals surface area contributed by atoms with Gasteiger partial charge in [-0.2, -0.15) is 0 Å². The highest BCUT2D eigenvalue weighted by Crippen LogP contribution is 2.49. The van der Waals surface area contributed by atoms with E-state index >= 15 is 0 Å². The first-order valence-corrected chi connectivity index (χ1v) is 13.5. The molecular formula is C32H27ClN2O5. The quantitative estimate of drug-likeness (QED) is 0.236. The molecule has 0 saturated carbocycles. The van der Waals surface area contributed by atoms with Crippen molar-refractivity contribution >= 4 is 34.8 Å². The number of carbonyl (C=O) groups is 2. The lowest BCUT2D eigenvalue weighted by Crippen LogP contribution is -2.37. The Balaban J connectivity index is 1.38. The number of benzene rings is 4. The first-order chi connectivity index (χ1) is 19.6. The Hall–Kier alpha value is -4.33. The van der Waals surface area contributed by atoms with Crippen molar-refractivity contribution < 1.29 is 23.9 Å². The molecule has 3 atom stereocenters. The Morgan fingerprint density at radius 2 is 1.50 bits per heavy atom. The predicted molar refractivity (Wildman–Crippen MR) is 152 cm³/mol. The molecule has 0 bridgehead atoms. The molecule has 4 aromatic rings. The Labute approximate surface area is 237 Å². The van der Waals surface area contributed by atoms with Crippen molar-refractivity contribution in [2.24, 2.45) is 5.92 Å². The number of para-hydroxylation sites is 2. The van der Waals surface area contributed by atoms with Crippen molar-refractivity contribution in [3.63, 3.8) is 0 Å². The van der Waals surface area contributed by atoms with Gasteiger partial charge in [0, 0.05) is 0 Å². The molecule has 40 heavy (non-hydrogen) atoms. The van der Waals surface area contributed by atoms with Crippen LogP contribution in [0, 0.1) is 5.92 Å². The molecule has 7 nitrogen and oxygen atoms in total. The number of hydrogen-bond acceptors (Lipinski definition) is 6. The molecule has 0 aromatic heterocycles. The summed E-state index contributed by atoms with van der Waals surface area (Å²) in [6.07, 6.45) is -1.00. The number of imide groups is 1. The van der Waals surface area contributed by atoms with Crippen molar-refractivity contribution in [1.82, 2.24) is 0 Å². The summed E-state index contributed by atoms with van der Waals surface area (Å²) in [4.78, 5) is 34.9. The largest absolute Gasteiger partial charge is 0.490 e. The molecule has 2 amide bonds. The van der Waals surface area contributed by atoms with Gasteiger partial charge in [-0.3, -0.25) is 14.4 Å². The lowest BCUT2D eigenvalue weighted by Gasteiger charge is -2.29. The number of amides is 2. The fourth-order valence-electron chi connectivity index (χ4n) is 5.25. The molecule has 6 rings (SSSR count). The molecule has 0 spiro atoms. The summed E-state index contributed by atoms with van der Waals surface area (Å²) in [6.45, 7) is 2.71. The molecule has 202 valence electrons. The Kier molecular flexibility index (Phi) is 7.15. The second-order valence-corrected chi connectivity index (χ2v) is 9.94. The minimum atomic E-state index is -1.00. The predicted octanol–water partition coefficient (Wildman–Crippen LogP) is 6.37. The summed E-state index contributed by atoms with van der Waals surface area (Å²) in [7, 11) is 0. The van der Waals surface area contributed by atoms with Gasteiger partial charge < -0.3 is 9.47 Å². The molecule has 2 saturated heterocycles. The van der Waals surface area contributed by atoms with E-state index in [0.717, 1.165) is 21.7 Å². The Morgan fingerprint density at radius 1 is 0.800 bits per heavy atom. The number of rotatable bonds is 8. The second-order valence-electron chi connectivity index (χ2n) is 9.53. The Bertz CT molecular complexity index is 1530. The van der Waals surface area contributed by atoms with Gasteiger partial charge in [-0.25, -0.2) is 9.96 Å². The third kappa shape index (κ3) is 4.68. The number of carbonyl (C=O) groups excluding carboxylic acids is 2. The number of halogens is 1. The number of hydrogen-bond donors (Lipinski definition) is 0. The van der Waals surface area contributed by atoms with Crippen molar-refractivity contribution in [3.8, 4) is 11.5 Å². The average molecular weight is 555 g/mol. The molecule has 2 aliphatic rings. The highest BCUT2D eigenvalue weighted by Gasteiger charge is 2.60. The van der Waals surface area contributed by atoms with Crippen LogP contribution < -0.4 is 19.4 Å². The normalized spacial score (nSPS) is 20.1. The van der Waals surface area contributed by atoms with Crippen LogP contribution in [0.4, 0.5) is 11.4 Å². The van der Waals surface area contributed by atoms with Crippen molar-refractivity contribution in [2.75, 3.05) is 16.6 Å². The summed E-state index contributed by atoms with van der Waals surface area (Å²) in [6, 6.07) is 31.1. The minimum absolute atomic E-state index is 0.319. The van der Waals surface area contributed by atoms with Crippen LogP contribution in [-0.2, 0) is 21.0 Å². The zero-order chi connectivity index (χ0) is 27.6. The molecule has 8 heteroatoms. The van der Waals surface area contributed by atoms with Gasteiger partial charge in [-0.15, -0.1) is 0 Å². The maximum atomic E-state index is 13.9. The van der Waals surface area contributed by atoms with E-state index in [1.807, 2.05) is 85.8 Å². The maximum absolute atomic E-state index is 13.9. The van der Waals surface area contributed by atoms with Gasteiger partial charge in [0.1, 0.15) is 12.5 Å². The molecule has 3 unspecified atom stereocenters. The van der Waals surface area contributed by atoms with E-state index < -0.39 is 24.0 Å². The number of nitrogens with zero attached hydrogens (tertiary/aromatic N) is 2. The van der Waals surface area contributed by atoms with Crippen LogP contribution in [0.3, 0.4) is 0 Å². The SMILES string of the molecule is CCOc1cc(C2C3C(=O)N(c4ccccc4Cl)C(=O)C3ON2c2ccccc2)ccc1OCc1ccccc1. The summed E-state index contributed by atoms with van der Waals surface area (Å²) in [5.74, 6) is -0.474. The minimum Gasteiger partial charge on any atom is -0.490 e. The maximum Gasteiger partial charge on any atom is 0.266 e. The van der Waals surface area contributed by atoms with Gasteiger partial charge in [-0.1, -0.05) is 78.3 Å². The first kappa shape index (κ1) is 25.9. The molecule has 0 N–H and O–H groups in total. The van der Waals surface area contributed by atoms with Crippen molar-refractivity contribution in [3.05, 3.63) is 119 Å². The van der Waals surface area contributed by atoms with E-state index in [1.165, 1.54) is 0 Å². The smallest absolute Gasteiger partial charge is 0.266 e. The number of fused-ring (bicyclic) bond motifs is 1.